The van der Waals surface area contributed by atoms with Crippen molar-refractivity contribution in [2.24, 2.45) is 0 Å². The van der Waals surface area contributed by atoms with E-state index in [4.69, 9.17) is 16.3 Å². The summed E-state index contributed by atoms with van der Waals surface area (Å²) in [5, 5.41) is 0.0196. The average molecular weight is 169 g/mol. The molecule has 2 unspecified atom stereocenters. The molecule has 58 valence electrons. The minimum absolute atomic E-state index is 0.0196. The van der Waals surface area contributed by atoms with E-state index in [1.807, 2.05) is 31.2 Å². The molecule has 0 bridgehead atoms. The molecule has 0 N–H and O–H groups in total. The summed E-state index contributed by atoms with van der Waals surface area (Å²) in [4.78, 5) is 0. The van der Waals surface area contributed by atoms with Gasteiger partial charge in [0.2, 0.25) is 0 Å². The fraction of sp³-hybridized carbons (Fsp3) is 0.333. The molecule has 11 heavy (non-hydrogen) atoms. The van der Waals surface area contributed by atoms with E-state index in [0.29, 0.717) is 0 Å². The minimum atomic E-state index is 0.0196. The van der Waals surface area contributed by atoms with Crippen LogP contribution in [0.15, 0.2) is 24.3 Å². The zero-order valence-corrected chi connectivity index (χ0v) is 7.01. The Morgan fingerprint density at radius 1 is 1.36 bits per heavy atom. The Balaban J connectivity index is 2.47. The third-order valence-corrected chi connectivity index (χ3v) is 2.53. The van der Waals surface area contributed by atoms with Gasteiger partial charge in [-0.1, -0.05) is 18.2 Å². The summed E-state index contributed by atoms with van der Waals surface area (Å²) in [5.41, 5.74) is 1.11. The number of para-hydroxylation sites is 1. The molecule has 0 fully saturated rings. The van der Waals surface area contributed by atoms with Crippen molar-refractivity contribution >= 4 is 11.6 Å². The van der Waals surface area contributed by atoms with Crippen LogP contribution in [0.25, 0.3) is 0 Å². The van der Waals surface area contributed by atoms with E-state index < -0.39 is 0 Å². The third-order valence-electron chi connectivity index (χ3n) is 1.94. The predicted molar refractivity (Wildman–Crippen MR) is 45.1 cm³/mol. The second-order valence-corrected chi connectivity index (χ2v) is 3.23. The molecule has 1 aromatic carbocycles. The SMILES string of the molecule is CC1Oc2ccccc2C1Cl. The molecule has 2 atom stereocenters. The first-order valence-electron chi connectivity index (χ1n) is 3.68. The molecule has 2 rings (SSSR count). The van der Waals surface area contributed by atoms with Gasteiger partial charge in [0.1, 0.15) is 11.9 Å². The van der Waals surface area contributed by atoms with Crippen molar-refractivity contribution in [3.63, 3.8) is 0 Å². The first kappa shape index (κ1) is 6.99. The second-order valence-electron chi connectivity index (χ2n) is 2.76. The molecule has 0 saturated heterocycles. The van der Waals surface area contributed by atoms with Crippen LogP contribution in [0.3, 0.4) is 0 Å². The lowest BCUT2D eigenvalue weighted by molar-refractivity contribution is 0.250. The third kappa shape index (κ3) is 1.000. The number of benzene rings is 1. The van der Waals surface area contributed by atoms with Crippen LogP contribution in [-0.2, 0) is 0 Å². The van der Waals surface area contributed by atoms with Gasteiger partial charge in [-0.15, -0.1) is 11.6 Å². The maximum absolute atomic E-state index is 6.07. The largest absolute Gasteiger partial charge is 0.488 e. The zero-order valence-electron chi connectivity index (χ0n) is 6.25. The van der Waals surface area contributed by atoms with E-state index >= 15 is 0 Å². The Bertz CT molecular complexity index is 272. The lowest BCUT2D eigenvalue weighted by Crippen LogP contribution is -2.08. The molecule has 0 amide bonds. The Hall–Kier alpha value is -0.690. The number of alkyl halides is 1. The molecule has 0 aromatic heterocycles. The van der Waals surface area contributed by atoms with Crippen molar-refractivity contribution in [2.75, 3.05) is 0 Å². The highest BCUT2D eigenvalue weighted by Gasteiger charge is 2.28. The summed E-state index contributed by atoms with van der Waals surface area (Å²) in [6.07, 6.45) is 0.106. The van der Waals surface area contributed by atoms with E-state index in [1.165, 1.54) is 0 Å². The van der Waals surface area contributed by atoms with Crippen molar-refractivity contribution in [3.8, 4) is 5.75 Å². The first-order valence-corrected chi connectivity index (χ1v) is 4.12. The number of hydrogen-bond acceptors (Lipinski definition) is 1. The van der Waals surface area contributed by atoms with Gasteiger partial charge in [-0.25, -0.2) is 0 Å². The molecular formula is C9H9ClO. The lowest BCUT2D eigenvalue weighted by atomic mass is 10.1. The zero-order chi connectivity index (χ0) is 7.84. The quantitative estimate of drug-likeness (QED) is 0.542. The van der Waals surface area contributed by atoms with Crippen LogP contribution >= 0.6 is 11.6 Å². The van der Waals surface area contributed by atoms with Gasteiger partial charge in [-0.2, -0.15) is 0 Å². The van der Waals surface area contributed by atoms with Gasteiger partial charge in [0, 0.05) is 5.56 Å². The van der Waals surface area contributed by atoms with Crippen molar-refractivity contribution in [3.05, 3.63) is 29.8 Å². The van der Waals surface area contributed by atoms with Gasteiger partial charge in [-0.05, 0) is 13.0 Å². The smallest absolute Gasteiger partial charge is 0.124 e. The molecule has 1 aliphatic rings. The van der Waals surface area contributed by atoms with Crippen molar-refractivity contribution < 1.29 is 4.74 Å². The highest BCUT2D eigenvalue weighted by atomic mass is 35.5. The Morgan fingerprint density at radius 3 is 2.82 bits per heavy atom. The van der Waals surface area contributed by atoms with Crippen LogP contribution in [0.5, 0.6) is 5.75 Å². The molecule has 1 nitrogen and oxygen atoms in total. The summed E-state index contributed by atoms with van der Waals surface area (Å²) < 4.78 is 5.49. The molecule has 1 aliphatic heterocycles. The highest BCUT2D eigenvalue weighted by molar-refractivity contribution is 6.21. The Morgan fingerprint density at radius 2 is 2.09 bits per heavy atom. The van der Waals surface area contributed by atoms with Gasteiger partial charge in [-0.3, -0.25) is 0 Å². The summed E-state index contributed by atoms with van der Waals surface area (Å²) in [6.45, 7) is 1.98. The maximum Gasteiger partial charge on any atom is 0.124 e. The van der Waals surface area contributed by atoms with E-state index in [1.54, 1.807) is 0 Å². The van der Waals surface area contributed by atoms with Gasteiger partial charge >= 0.3 is 0 Å². The average Bonchev–Trinajstić information content (AvgIpc) is 2.30. The molecular weight excluding hydrogens is 160 g/mol. The van der Waals surface area contributed by atoms with Crippen LogP contribution in [-0.4, -0.2) is 6.10 Å². The van der Waals surface area contributed by atoms with Crippen LogP contribution < -0.4 is 4.74 Å². The number of rotatable bonds is 0. The lowest BCUT2D eigenvalue weighted by Gasteiger charge is -2.04. The van der Waals surface area contributed by atoms with Crippen LogP contribution in [0, 0.1) is 0 Å². The van der Waals surface area contributed by atoms with Crippen molar-refractivity contribution in [1.29, 1.82) is 0 Å². The number of fused-ring (bicyclic) bond motifs is 1. The van der Waals surface area contributed by atoms with Crippen molar-refractivity contribution in [2.45, 2.75) is 18.4 Å². The summed E-state index contributed by atoms with van der Waals surface area (Å²) in [6, 6.07) is 7.90. The summed E-state index contributed by atoms with van der Waals surface area (Å²) in [7, 11) is 0. The van der Waals surface area contributed by atoms with Gasteiger partial charge in [0.15, 0.2) is 0 Å². The van der Waals surface area contributed by atoms with E-state index in [-0.39, 0.29) is 11.5 Å². The van der Waals surface area contributed by atoms with Crippen LogP contribution in [0.4, 0.5) is 0 Å². The minimum Gasteiger partial charge on any atom is -0.488 e. The van der Waals surface area contributed by atoms with Crippen molar-refractivity contribution in [1.82, 2.24) is 0 Å². The van der Waals surface area contributed by atoms with Crippen LogP contribution in [0.2, 0.25) is 0 Å². The molecule has 1 aromatic rings. The predicted octanol–water partition coefficient (Wildman–Crippen LogP) is 2.75. The maximum atomic E-state index is 6.07. The molecule has 0 saturated carbocycles. The summed E-state index contributed by atoms with van der Waals surface area (Å²) >= 11 is 6.07. The molecule has 1 heterocycles. The van der Waals surface area contributed by atoms with Gasteiger partial charge < -0.3 is 4.74 Å². The van der Waals surface area contributed by atoms with E-state index in [0.717, 1.165) is 11.3 Å². The van der Waals surface area contributed by atoms with E-state index in [2.05, 4.69) is 0 Å². The number of hydrogen-bond donors (Lipinski definition) is 0. The normalized spacial score (nSPS) is 27.8. The second kappa shape index (κ2) is 2.42. The fourth-order valence-corrected chi connectivity index (χ4v) is 1.56. The highest BCUT2D eigenvalue weighted by Crippen LogP contribution is 2.39. The first-order chi connectivity index (χ1) is 5.29. The molecule has 0 spiro atoms. The Kier molecular flexibility index (Phi) is 1.53. The monoisotopic (exact) mass is 168 g/mol. The summed E-state index contributed by atoms with van der Waals surface area (Å²) in [5.74, 6) is 0.931. The molecule has 0 radical (unpaired) electrons. The van der Waals surface area contributed by atoms with E-state index in [9.17, 15) is 0 Å². The Labute approximate surface area is 70.9 Å². The van der Waals surface area contributed by atoms with Gasteiger partial charge in [0.05, 0.1) is 5.38 Å². The molecule has 2 heteroatoms. The van der Waals surface area contributed by atoms with Gasteiger partial charge in [0.25, 0.3) is 0 Å². The molecule has 0 aliphatic carbocycles. The fourth-order valence-electron chi connectivity index (χ4n) is 1.33. The van der Waals surface area contributed by atoms with Crippen LogP contribution in [0.1, 0.15) is 17.9 Å². The number of halogens is 1. The topological polar surface area (TPSA) is 9.23 Å². The standard InChI is InChI=1S/C9H9ClO/c1-6-9(10)7-4-2-3-5-8(7)11-6/h2-6,9H,1H3. The number of ether oxygens (including phenoxy) is 1.